The molecule has 6 nitrogen and oxygen atoms in total. The molecule has 0 aromatic heterocycles. The summed E-state index contributed by atoms with van der Waals surface area (Å²) in [5.74, 6) is -0.396. The standard InChI is InChI=1S/C29H34ClN3O3S/c1-22-6-14-27(15-7-22)37(35,36)33(28-18-26(30)13-8-23(28)2)21-29(34)31-19-24-9-11-25(12-10-24)20-32-16-4-3-5-17-32/h6-15,18H,3-5,16-17,19-21H2,1-2H3,(H,31,34). The topological polar surface area (TPSA) is 69.7 Å². The number of rotatable bonds is 9. The molecule has 1 aliphatic rings. The number of sulfonamides is 1. The molecule has 3 aromatic rings. The van der Waals surface area contributed by atoms with Gasteiger partial charge in [0, 0.05) is 18.1 Å². The van der Waals surface area contributed by atoms with E-state index in [2.05, 4.69) is 22.3 Å². The van der Waals surface area contributed by atoms with E-state index >= 15 is 0 Å². The lowest BCUT2D eigenvalue weighted by molar-refractivity contribution is -0.119. The number of hydrogen-bond acceptors (Lipinski definition) is 4. The molecule has 0 atom stereocenters. The summed E-state index contributed by atoms with van der Waals surface area (Å²) in [6.07, 6.45) is 3.83. The highest BCUT2D eigenvalue weighted by molar-refractivity contribution is 7.92. The highest BCUT2D eigenvalue weighted by atomic mass is 35.5. The van der Waals surface area contributed by atoms with Crippen LogP contribution in [0.25, 0.3) is 0 Å². The number of benzene rings is 3. The first-order valence-electron chi connectivity index (χ1n) is 12.6. The van der Waals surface area contributed by atoms with Gasteiger partial charge < -0.3 is 5.32 Å². The fourth-order valence-corrected chi connectivity index (χ4v) is 6.16. The highest BCUT2D eigenvalue weighted by Gasteiger charge is 2.28. The second kappa shape index (κ2) is 12.1. The van der Waals surface area contributed by atoms with Gasteiger partial charge in [0.15, 0.2) is 0 Å². The average Bonchev–Trinajstić information content (AvgIpc) is 2.89. The molecule has 1 heterocycles. The highest BCUT2D eigenvalue weighted by Crippen LogP contribution is 2.29. The van der Waals surface area contributed by atoms with Gasteiger partial charge >= 0.3 is 0 Å². The third kappa shape index (κ3) is 7.12. The van der Waals surface area contributed by atoms with Crippen LogP contribution < -0.4 is 9.62 Å². The Morgan fingerprint density at radius 2 is 1.57 bits per heavy atom. The number of hydrogen-bond donors (Lipinski definition) is 1. The van der Waals surface area contributed by atoms with Gasteiger partial charge in [-0.25, -0.2) is 8.42 Å². The number of nitrogens with zero attached hydrogens (tertiary/aromatic N) is 2. The minimum atomic E-state index is -4.00. The minimum Gasteiger partial charge on any atom is -0.350 e. The first-order chi connectivity index (χ1) is 17.7. The Hall–Kier alpha value is -2.87. The van der Waals surface area contributed by atoms with E-state index < -0.39 is 15.9 Å². The van der Waals surface area contributed by atoms with Crippen molar-refractivity contribution in [2.45, 2.75) is 51.1 Å². The van der Waals surface area contributed by atoms with Crippen LogP contribution in [-0.4, -0.2) is 38.9 Å². The van der Waals surface area contributed by atoms with Crippen molar-refractivity contribution in [1.82, 2.24) is 10.2 Å². The first-order valence-corrected chi connectivity index (χ1v) is 14.5. The number of piperidine rings is 1. The average molecular weight is 540 g/mol. The van der Waals surface area contributed by atoms with Crippen molar-refractivity contribution in [3.8, 4) is 0 Å². The molecule has 0 bridgehead atoms. The molecule has 8 heteroatoms. The Balaban J connectivity index is 1.46. The van der Waals surface area contributed by atoms with Gasteiger partial charge in [-0.2, -0.15) is 0 Å². The molecule has 37 heavy (non-hydrogen) atoms. The smallest absolute Gasteiger partial charge is 0.264 e. The van der Waals surface area contributed by atoms with Crippen molar-refractivity contribution in [3.63, 3.8) is 0 Å². The summed E-state index contributed by atoms with van der Waals surface area (Å²) in [4.78, 5) is 15.6. The Labute approximate surface area is 225 Å². The van der Waals surface area contributed by atoms with Crippen LogP contribution in [0.15, 0.2) is 71.6 Å². The Bertz CT molecular complexity index is 1320. The first kappa shape index (κ1) is 27.2. The van der Waals surface area contributed by atoms with Crippen LogP contribution in [0.4, 0.5) is 5.69 Å². The number of anilines is 1. The van der Waals surface area contributed by atoms with Gasteiger partial charge in [0.25, 0.3) is 10.0 Å². The summed E-state index contributed by atoms with van der Waals surface area (Å²) in [7, 11) is -4.00. The molecule has 4 rings (SSSR count). The van der Waals surface area contributed by atoms with Crippen LogP contribution in [0.3, 0.4) is 0 Å². The van der Waals surface area contributed by atoms with Gasteiger partial charge in [-0.3, -0.25) is 14.0 Å². The molecule has 196 valence electrons. The summed E-state index contributed by atoms with van der Waals surface area (Å²) in [6, 6.07) is 19.8. The zero-order valence-electron chi connectivity index (χ0n) is 21.4. The maximum atomic E-state index is 13.6. The zero-order valence-corrected chi connectivity index (χ0v) is 23.0. The summed E-state index contributed by atoms with van der Waals surface area (Å²) in [6.45, 7) is 6.88. The van der Waals surface area contributed by atoms with Gasteiger partial charge in [0.05, 0.1) is 10.6 Å². The molecule has 1 N–H and O–H groups in total. The van der Waals surface area contributed by atoms with E-state index in [0.717, 1.165) is 35.1 Å². The molecule has 1 amide bonds. The van der Waals surface area contributed by atoms with E-state index in [1.807, 2.05) is 19.1 Å². The van der Waals surface area contributed by atoms with Gasteiger partial charge in [-0.05, 0) is 80.7 Å². The predicted molar refractivity (Wildman–Crippen MR) is 149 cm³/mol. The fourth-order valence-electron chi connectivity index (χ4n) is 4.51. The fraction of sp³-hybridized carbons (Fsp3) is 0.345. The van der Waals surface area contributed by atoms with Crippen molar-refractivity contribution in [2.24, 2.45) is 0 Å². The number of aryl methyl sites for hydroxylation is 2. The number of carbonyl (C=O) groups excluding carboxylic acids is 1. The molecule has 0 saturated carbocycles. The molecule has 1 saturated heterocycles. The van der Waals surface area contributed by atoms with Crippen LogP contribution in [0.5, 0.6) is 0 Å². The van der Waals surface area contributed by atoms with E-state index in [9.17, 15) is 13.2 Å². The molecule has 1 fully saturated rings. The number of amides is 1. The van der Waals surface area contributed by atoms with Gasteiger partial charge in [0.2, 0.25) is 5.91 Å². The van der Waals surface area contributed by atoms with Crippen LogP contribution in [0.1, 0.15) is 41.5 Å². The van der Waals surface area contributed by atoms with E-state index in [1.54, 1.807) is 49.4 Å². The molecule has 0 radical (unpaired) electrons. The second-order valence-electron chi connectivity index (χ2n) is 9.69. The van der Waals surface area contributed by atoms with Gasteiger partial charge in [0.1, 0.15) is 6.54 Å². The normalized spacial score (nSPS) is 14.4. The third-order valence-electron chi connectivity index (χ3n) is 6.70. The summed E-state index contributed by atoms with van der Waals surface area (Å²) in [5, 5.41) is 3.28. The van der Waals surface area contributed by atoms with Crippen LogP contribution in [0.2, 0.25) is 5.02 Å². The maximum Gasteiger partial charge on any atom is 0.264 e. The van der Waals surface area contributed by atoms with Crippen molar-refractivity contribution in [2.75, 3.05) is 23.9 Å². The number of likely N-dealkylation sites (tertiary alicyclic amines) is 1. The monoisotopic (exact) mass is 539 g/mol. The lowest BCUT2D eigenvalue weighted by atomic mass is 10.1. The molecule has 0 spiro atoms. The van der Waals surface area contributed by atoms with Crippen LogP contribution >= 0.6 is 11.6 Å². The number of halogens is 1. The Kier molecular flexibility index (Phi) is 8.90. The molecule has 0 aliphatic carbocycles. The summed E-state index contributed by atoms with van der Waals surface area (Å²) in [5.41, 5.74) is 4.25. The van der Waals surface area contributed by atoms with Crippen molar-refractivity contribution < 1.29 is 13.2 Å². The Morgan fingerprint density at radius 3 is 2.24 bits per heavy atom. The second-order valence-corrected chi connectivity index (χ2v) is 12.0. The minimum absolute atomic E-state index is 0.120. The zero-order chi connectivity index (χ0) is 26.4. The Morgan fingerprint density at radius 1 is 0.919 bits per heavy atom. The van der Waals surface area contributed by atoms with Crippen molar-refractivity contribution in [1.29, 1.82) is 0 Å². The van der Waals surface area contributed by atoms with Crippen molar-refractivity contribution in [3.05, 3.63) is 94.0 Å². The van der Waals surface area contributed by atoms with Crippen LogP contribution in [-0.2, 0) is 27.9 Å². The molecule has 0 unspecified atom stereocenters. The van der Waals surface area contributed by atoms with Gasteiger partial charge in [-0.15, -0.1) is 0 Å². The molecule has 1 aliphatic heterocycles. The van der Waals surface area contributed by atoms with Crippen molar-refractivity contribution >= 4 is 33.2 Å². The lowest BCUT2D eigenvalue weighted by Crippen LogP contribution is -2.41. The lowest BCUT2D eigenvalue weighted by Gasteiger charge is -2.26. The number of carbonyl (C=O) groups is 1. The quantitative estimate of drug-likeness (QED) is 0.392. The van der Waals surface area contributed by atoms with E-state index in [-0.39, 0.29) is 11.4 Å². The summed E-state index contributed by atoms with van der Waals surface area (Å²) < 4.78 is 28.4. The third-order valence-corrected chi connectivity index (χ3v) is 8.71. The SMILES string of the molecule is Cc1ccc(S(=O)(=O)N(CC(=O)NCc2ccc(CN3CCCCC3)cc2)c2cc(Cl)ccc2C)cc1. The van der Waals surface area contributed by atoms with Crippen LogP contribution in [0, 0.1) is 13.8 Å². The van der Waals surface area contributed by atoms with E-state index in [1.165, 1.54) is 24.8 Å². The van der Waals surface area contributed by atoms with Gasteiger partial charge in [-0.1, -0.05) is 66.0 Å². The van der Waals surface area contributed by atoms with E-state index in [4.69, 9.17) is 11.6 Å². The molecule has 3 aromatic carbocycles. The summed E-state index contributed by atoms with van der Waals surface area (Å²) >= 11 is 6.20. The molecular formula is C29H34ClN3O3S. The molecular weight excluding hydrogens is 506 g/mol. The largest absolute Gasteiger partial charge is 0.350 e. The maximum absolute atomic E-state index is 13.6. The van der Waals surface area contributed by atoms with E-state index in [0.29, 0.717) is 22.8 Å². The predicted octanol–water partition coefficient (Wildman–Crippen LogP) is 5.45. The number of nitrogens with one attached hydrogen (secondary N) is 1.